The van der Waals surface area contributed by atoms with Crippen LogP contribution in [0.2, 0.25) is 0 Å². The molecule has 0 aliphatic heterocycles. The van der Waals surface area contributed by atoms with Gasteiger partial charge >= 0.3 is 0 Å². The monoisotopic (exact) mass is 226 g/mol. The molecule has 1 nitrogen and oxygen atoms in total. The van der Waals surface area contributed by atoms with E-state index in [1.54, 1.807) is 0 Å². The van der Waals surface area contributed by atoms with Gasteiger partial charge in [0.2, 0.25) is 0 Å². The van der Waals surface area contributed by atoms with Gasteiger partial charge in [-0.05, 0) is 30.9 Å². The third-order valence-corrected chi connectivity index (χ3v) is 2.58. The first-order chi connectivity index (χ1) is 7.38. The fourth-order valence-electron chi connectivity index (χ4n) is 1.43. The minimum Gasteiger partial charge on any atom is -0.493 e. The van der Waals surface area contributed by atoms with Gasteiger partial charge in [-0.15, -0.1) is 11.6 Å². The van der Waals surface area contributed by atoms with Crippen LogP contribution in [0.4, 0.5) is 0 Å². The zero-order chi connectivity index (χ0) is 10.9. The van der Waals surface area contributed by atoms with Gasteiger partial charge in [0.05, 0.1) is 6.61 Å². The van der Waals surface area contributed by atoms with Gasteiger partial charge in [-0.2, -0.15) is 0 Å². The van der Waals surface area contributed by atoms with E-state index in [1.165, 1.54) is 12.0 Å². The van der Waals surface area contributed by atoms with Gasteiger partial charge in [0.15, 0.2) is 0 Å². The summed E-state index contributed by atoms with van der Waals surface area (Å²) in [6.07, 6.45) is 4.30. The van der Waals surface area contributed by atoms with E-state index < -0.39 is 0 Å². The smallest absolute Gasteiger partial charge is 0.122 e. The number of alkyl halides is 1. The van der Waals surface area contributed by atoms with Crippen molar-refractivity contribution in [3.63, 3.8) is 0 Å². The van der Waals surface area contributed by atoms with E-state index in [4.69, 9.17) is 16.3 Å². The number of benzene rings is 1. The molecule has 0 saturated heterocycles. The topological polar surface area (TPSA) is 9.23 Å². The van der Waals surface area contributed by atoms with Crippen LogP contribution in [0.1, 0.15) is 31.7 Å². The fraction of sp³-hybridized carbons (Fsp3) is 0.538. The Morgan fingerprint density at radius 2 is 2.00 bits per heavy atom. The minimum atomic E-state index is 0.712. The number of unbranched alkanes of at least 4 members (excludes halogenated alkanes) is 1. The second-order valence-electron chi connectivity index (χ2n) is 3.60. The summed E-state index contributed by atoms with van der Waals surface area (Å²) in [6, 6.07) is 8.23. The molecule has 1 aromatic carbocycles. The van der Waals surface area contributed by atoms with Crippen molar-refractivity contribution >= 4 is 11.6 Å². The molecule has 0 aliphatic carbocycles. The Balaban J connectivity index is 2.52. The summed E-state index contributed by atoms with van der Waals surface area (Å²) >= 11 is 5.69. The average Bonchev–Trinajstić information content (AvgIpc) is 2.28. The molecule has 0 aromatic heterocycles. The van der Waals surface area contributed by atoms with Gasteiger partial charge in [0.25, 0.3) is 0 Å². The Bertz CT molecular complexity index is 273. The van der Waals surface area contributed by atoms with E-state index in [2.05, 4.69) is 19.1 Å². The van der Waals surface area contributed by atoms with Crippen LogP contribution in [0.25, 0.3) is 0 Å². The predicted molar refractivity (Wildman–Crippen MR) is 65.9 cm³/mol. The number of rotatable bonds is 7. The van der Waals surface area contributed by atoms with E-state index in [0.29, 0.717) is 5.88 Å². The first kappa shape index (κ1) is 12.4. The van der Waals surface area contributed by atoms with Crippen molar-refractivity contribution in [2.75, 3.05) is 12.5 Å². The molecule has 1 aromatic rings. The Hall–Kier alpha value is -0.690. The van der Waals surface area contributed by atoms with Gasteiger partial charge < -0.3 is 4.74 Å². The molecule has 0 atom stereocenters. The predicted octanol–water partition coefficient (Wildman–Crippen LogP) is 4.04. The highest BCUT2D eigenvalue weighted by atomic mass is 35.5. The van der Waals surface area contributed by atoms with Gasteiger partial charge in [0, 0.05) is 5.88 Å². The van der Waals surface area contributed by atoms with Crippen molar-refractivity contribution in [2.45, 2.75) is 32.6 Å². The fourth-order valence-corrected chi connectivity index (χ4v) is 1.57. The summed E-state index contributed by atoms with van der Waals surface area (Å²) in [7, 11) is 0. The summed E-state index contributed by atoms with van der Waals surface area (Å²) in [5.74, 6) is 1.74. The van der Waals surface area contributed by atoms with Gasteiger partial charge in [-0.3, -0.25) is 0 Å². The van der Waals surface area contributed by atoms with Crippen LogP contribution < -0.4 is 4.74 Å². The van der Waals surface area contributed by atoms with Crippen LogP contribution in [0.15, 0.2) is 24.3 Å². The maximum Gasteiger partial charge on any atom is 0.122 e. The molecular weight excluding hydrogens is 208 g/mol. The zero-order valence-corrected chi connectivity index (χ0v) is 10.1. The van der Waals surface area contributed by atoms with Gasteiger partial charge in [-0.1, -0.05) is 31.5 Å². The van der Waals surface area contributed by atoms with Crippen LogP contribution in [0, 0.1) is 0 Å². The van der Waals surface area contributed by atoms with Crippen molar-refractivity contribution in [3.8, 4) is 5.75 Å². The summed E-state index contributed by atoms with van der Waals surface area (Å²) in [5.41, 5.74) is 1.27. The van der Waals surface area contributed by atoms with E-state index in [1.807, 2.05) is 12.1 Å². The van der Waals surface area contributed by atoms with Gasteiger partial charge in [-0.25, -0.2) is 0 Å². The van der Waals surface area contributed by atoms with Crippen LogP contribution in [0.5, 0.6) is 5.75 Å². The van der Waals surface area contributed by atoms with Crippen molar-refractivity contribution in [2.24, 2.45) is 0 Å². The molecule has 0 N–H and O–H groups in total. The molecule has 0 saturated carbocycles. The minimum absolute atomic E-state index is 0.712. The maximum atomic E-state index is 5.73. The standard InChI is InChI=1S/C13H19ClO/c1-2-3-11-15-13-9-5-4-7-12(13)8-6-10-14/h4-5,7,9H,2-3,6,8,10-11H2,1H3. The van der Waals surface area contributed by atoms with Crippen LogP contribution in [-0.2, 0) is 6.42 Å². The van der Waals surface area contributed by atoms with E-state index in [0.717, 1.165) is 31.6 Å². The summed E-state index contributed by atoms with van der Waals surface area (Å²) in [4.78, 5) is 0. The summed E-state index contributed by atoms with van der Waals surface area (Å²) in [6.45, 7) is 2.98. The molecule has 1 rings (SSSR count). The zero-order valence-electron chi connectivity index (χ0n) is 9.34. The first-order valence-corrected chi connectivity index (χ1v) is 6.18. The summed E-state index contributed by atoms with van der Waals surface area (Å²) in [5, 5.41) is 0. The summed E-state index contributed by atoms with van der Waals surface area (Å²) < 4.78 is 5.73. The molecule has 0 bridgehead atoms. The molecule has 0 heterocycles. The quantitative estimate of drug-likeness (QED) is 0.504. The Morgan fingerprint density at radius 3 is 2.73 bits per heavy atom. The maximum absolute atomic E-state index is 5.73. The molecular formula is C13H19ClO. The van der Waals surface area contributed by atoms with E-state index >= 15 is 0 Å². The lowest BCUT2D eigenvalue weighted by Crippen LogP contribution is -2.00. The SMILES string of the molecule is CCCCOc1ccccc1CCCCl. The average molecular weight is 227 g/mol. The molecule has 0 unspecified atom stereocenters. The lowest BCUT2D eigenvalue weighted by molar-refractivity contribution is 0.306. The van der Waals surface area contributed by atoms with E-state index in [9.17, 15) is 0 Å². The third-order valence-electron chi connectivity index (χ3n) is 2.31. The second-order valence-corrected chi connectivity index (χ2v) is 3.98. The molecule has 0 radical (unpaired) electrons. The van der Waals surface area contributed by atoms with Crippen LogP contribution in [-0.4, -0.2) is 12.5 Å². The molecule has 84 valence electrons. The third kappa shape index (κ3) is 4.57. The Labute approximate surface area is 97.4 Å². The van der Waals surface area contributed by atoms with Crippen molar-refractivity contribution in [1.82, 2.24) is 0 Å². The highest BCUT2D eigenvalue weighted by Crippen LogP contribution is 2.19. The lowest BCUT2D eigenvalue weighted by Gasteiger charge is -2.10. The van der Waals surface area contributed by atoms with Gasteiger partial charge in [0.1, 0.15) is 5.75 Å². The normalized spacial score (nSPS) is 10.3. The van der Waals surface area contributed by atoms with E-state index in [-0.39, 0.29) is 0 Å². The molecule has 0 aliphatic rings. The Morgan fingerprint density at radius 1 is 1.20 bits per heavy atom. The van der Waals surface area contributed by atoms with Crippen molar-refractivity contribution < 1.29 is 4.74 Å². The molecule has 0 spiro atoms. The molecule has 0 amide bonds. The van der Waals surface area contributed by atoms with Crippen molar-refractivity contribution in [3.05, 3.63) is 29.8 Å². The first-order valence-electron chi connectivity index (χ1n) is 5.65. The highest BCUT2D eigenvalue weighted by Gasteiger charge is 2.01. The number of hydrogen-bond donors (Lipinski definition) is 0. The number of aryl methyl sites for hydroxylation is 1. The number of para-hydroxylation sites is 1. The van der Waals surface area contributed by atoms with Crippen LogP contribution >= 0.6 is 11.6 Å². The Kier molecular flexibility index (Phi) is 6.26. The molecule has 15 heavy (non-hydrogen) atoms. The molecule has 2 heteroatoms. The lowest BCUT2D eigenvalue weighted by atomic mass is 10.1. The number of halogens is 1. The number of ether oxygens (including phenoxy) is 1. The van der Waals surface area contributed by atoms with Crippen molar-refractivity contribution in [1.29, 1.82) is 0 Å². The highest BCUT2D eigenvalue weighted by molar-refractivity contribution is 6.17. The van der Waals surface area contributed by atoms with Crippen LogP contribution in [0.3, 0.4) is 0 Å². The largest absolute Gasteiger partial charge is 0.493 e. The second kappa shape index (κ2) is 7.58. The number of hydrogen-bond acceptors (Lipinski definition) is 1. The molecule has 0 fully saturated rings.